The van der Waals surface area contributed by atoms with Crippen molar-refractivity contribution in [3.63, 3.8) is 0 Å². The maximum Gasteiger partial charge on any atom is 0.315 e. The van der Waals surface area contributed by atoms with E-state index in [1.165, 1.54) is 0 Å². The molecule has 0 spiro atoms. The van der Waals surface area contributed by atoms with Gasteiger partial charge >= 0.3 is 6.03 Å². The Kier molecular flexibility index (Phi) is 6.02. The van der Waals surface area contributed by atoms with Crippen LogP contribution in [0.15, 0.2) is 30.3 Å². The summed E-state index contributed by atoms with van der Waals surface area (Å²) in [7, 11) is 0. The molecule has 0 radical (unpaired) electrons. The molecule has 5 nitrogen and oxygen atoms in total. The van der Waals surface area contributed by atoms with Crippen molar-refractivity contribution in [2.24, 2.45) is 0 Å². The van der Waals surface area contributed by atoms with E-state index >= 15 is 0 Å². The Hall–Kier alpha value is -1.59. The molecular formula is C16H24N2O3. The number of urea groups is 1. The summed E-state index contributed by atoms with van der Waals surface area (Å²) in [6.07, 6.45) is 1.09. The number of carbonyl (C=O) groups excluding carboxylic acids is 1. The first-order chi connectivity index (χ1) is 10.1. The maximum atomic E-state index is 11.9. The van der Waals surface area contributed by atoms with Crippen molar-refractivity contribution in [2.45, 2.75) is 37.8 Å². The van der Waals surface area contributed by atoms with E-state index in [2.05, 4.69) is 10.6 Å². The van der Waals surface area contributed by atoms with Crippen LogP contribution in [-0.4, -0.2) is 43.0 Å². The number of hydrogen-bond acceptors (Lipinski definition) is 3. The van der Waals surface area contributed by atoms with Gasteiger partial charge in [-0.05, 0) is 25.3 Å². The van der Waals surface area contributed by atoms with Crippen molar-refractivity contribution >= 4 is 6.03 Å². The second-order valence-electron chi connectivity index (χ2n) is 5.61. The van der Waals surface area contributed by atoms with Gasteiger partial charge in [0.25, 0.3) is 0 Å². The standard InChI is InChI=1S/C16H24N2O3/c1-12(19)9-14(13-5-3-2-4-6-13)10-17-16(20)18-15-7-8-21-11-15/h2-6,12,14-15,19H,7-11H2,1H3,(H2,17,18,20). The zero-order valence-electron chi connectivity index (χ0n) is 12.4. The summed E-state index contributed by atoms with van der Waals surface area (Å²) in [5, 5.41) is 15.4. The Balaban J connectivity index is 1.85. The molecule has 2 rings (SSSR count). The molecule has 1 aliphatic heterocycles. The van der Waals surface area contributed by atoms with E-state index in [1.807, 2.05) is 30.3 Å². The smallest absolute Gasteiger partial charge is 0.315 e. The number of carbonyl (C=O) groups is 1. The minimum absolute atomic E-state index is 0.108. The normalized spacial score (nSPS) is 20.8. The summed E-state index contributed by atoms with van der Waals surface area (Å²) >= 11 is 0. The van der Waals surface area contributed by atoms with E-state index < -0.39 is 6.10 Å². The lowest BCUT2D eigenvalue weighted by Gasteiger charge is -2.20. The van der Waals surface area contributed by atoms with E-state index in [1.54, 1.807) is 6.92 Å². The van der Waals surface area contributed by atoms with E-state index in [0.717, 1.165) is 12.0 Å². The molecule has 0 bridgehead atoms. The van der Waals surface area contributed by atoms with Crippen LogP contribution in [0.25, 0.3) is 0 Å². The fraction of sp³-hybridized carbons (Fsp3) is 0.562. The van der Waals surface area contributed by atoms with E-state index in [0.29, 0.717) is 26.2 Å². The van der Waals surface area contributed by atoms with E-state index in [4.69, 9.17) is 4.74 Å². The molecule has 5 heteroatoms. The number of nitrogens with one attached hydrogen (secondary N) is 2. The lowest BCUT2D eigenvalue weighted by atomic mass is 9.93. The molecule has 0 saturated carbocycles. The fourth-order valence-electron chi connectivity index (χ4n) is 2.57. The fourth-order valence-corrected chi connectivity index (χ4v) is 2.57. The Morgan fingerprint density at radius 2 is 2.19 bits per heavy atom. The Morgan fingerprint density at radius 1 is 1.43 bits per heavy atom. The molecule has 3 atom stereocenters. The van der Waals surface area contributed by atoms with Gasteiger partial charge in [0.2, 0.25) is 0 Å². The molecule has 0 aliphatic carbocycles. The molecule has 3 N–H and O–H groups in total. The number of benzene rings is 1. The molecule has 0 aromatic heterocycles. The number of aliphatic hydroxyl groups excluding tert-OH is 1. The van der Waals surface area contributed by atoms with Crippen molar-refractivity contribution in [2.75, 3.05) is 19.8 Å². The zero-order valence-corrected chi connectivity index (χ0v) is 12.4. The van der Waals surface area contributed by atoms with Crippen LogP contribution in [0.2, 0.25) is 0 Å². The average molecular weight is 292 g/mol. The topological polar surface area (TPSA) is 70.6 Å². The quantitative estimate of drug-likeness (QED) is 0.746. The van der Waals surface area contributed by atoms with Crippen LogP contribution in [0.1, 0.15) is 31.2 Å². The van der Waals surface area contributed by atoms with Gasteiger partial charge in [-0.3, -0.25) is 0 Å². The van der Waals surface area contributed by atoms with Gasteiger partial charge < -0.3 is 20.5 Å². The highest BCUT2D eigenvalue weighted by molar-refractivity contribution is 5.74. The second kappa shape index (κ2) is 8.00. The first-order valence-electron chi connectivity index (χ1n) is 7.50. The highest BCUT2D eigenvalue weighted by Gasteiger charge is 2.19. The summed E-state index contributed by atoms with van der Waals surface area (Å²) < 4.78 is 5.23. The van der Waals surface area contributed by atoms with Crippen LogP contribution >= 0.6 is 0 Å². The van der Waals surface area contributed by atoms with Crippen LogP contribution in [0, 0.1) is 0 Å². The van der Waals surface area contributed by atoms with Gasteiger partial charge in [0.15, 0.2) is 0 Å². The van der Waals surface area contributed by atoms with Gasteiger partial charge in [0.1, 0.15) is 0 Å². The number of ether oxygens (including phenoxy) is 1. The monoisotopic (exact) mass is 292 g/mol. The highest BCUT2D eigenvalue weighted by atomic mass is 16.5. The van der Waals surface area contributed by atoms with Gasteiger partial charge in [0.05, 0.1) is 18.8 Å². The lowest BCUT2D eigenvalue weighted by Crippen LogP contribution is -2.43. The Morgan fingerprint density at radius 3 is 2.81 bits per heavy atom. The number of hydrogen-bond donors (Lipinski definition) is 3. The molecule has 3 unspecified atom stereocenters. The maximum absolute atomic E-state index is 11.9. The molecule has 116 valence electrons. The first kappa shape index (κ1) is 15.8. The Bertz CT molecular complexity index is 430. The zero-order chi connectivity index (χ0) is 15.1. The molecule has 1 aliphatic rings. The van der Waals surface area contributed by atoms with Crippen molar-refractivity contribution in [3.05, 3.63) is 35.9 Å². The first-order valence-corrected chi connectivity index (χ1v) is 7.50. The highest BCUT2D eigenvalue weighted by Crippen LogP contribution is 2.20. The van der Waals surface area contributed by atoms with E-state index in [9.17, 15) is 9.90 Å². The van der Waals surface area contributed by atoms with Crippen LogP contribution in [0.3, 0.4) is 0 Å². The van der Waals surface area contributed by atoms with Gasteiger partial charge in [-0.15, -0.1) is 0 Å². The summed E-state index contributed by atoms with van der Waals surface area (Å²) in [5.74, 6) is 0.108. The van der Waals surface area contributed by atoms with Crippen molar-refractivity contribution in [3.8, 4) is 0 Å². The molecule has 1 fully saturated rings. The molecule has 21 heavy (non-hydrogen) atoms. The molecular weight excluding hydrogens is 268 g/mol. The van der Waals surface area contributed by atoms with Crippen LogP contribution in [0.5, 0.6) is 0 Å². The third-order valence-corrected chi connectivity index (χ3v) is 3.67. The second-order valence-corrected chi connectivity index (χ2v) is 5.61. The van der Waals surface area contributed by atoms with Gasteiger partial charge in [-0.1, -0.05) is 30.3 Å². The minimum Gasteiger partial charge on any atom is -0.393 e. The lowest BCUT2D eigenvalue weighted by molar-refractivity contribution is 0.172. The number of aliphatic hydroxyl groups is 1. The third kappa shape index (κ3) is 5.36. The van der Waals surface area contributed by atoms with Crippen LogP contribution in [-0.2, 0) is 4.74 Å². The number of amides is 2. The predicted octanol–water partition coefficient (Wildman–Crippen LogP) is 1.63. The van der Waals surface area contributed by atoms with Crippen LogP contribution in [0.4, 0.5) is 4.79 Å². The Labute approximate surface area is 125 Å². The molecule has 1 saturated heterocycles. The average Bonchev–Trinajstić information content (AvgIpc) is 2.97. The van der Waals surface area contributed by atoms with Gasteiger partial charge in [-0.25, -0.2) is 4.79 Å². The van der Waals surface area contributed by atoms with Gasteiger partial charge in [-0.2, -0.15) is 0 Å². The van der Waals surface area contributed by atoms with E-state index in [-0.39, 0.29) is 18.0 Å². The third-order valence-electron chi connectivity index (χ3n) is 3.67. The molecule has 1 aromatic rings. The molecule has 1 aromatic carbocycles. The summed E-state index contributed by atoms with van der Waals surface area (Å²) in [5.41, 5.74) is 1.13. The summed E-state index contributed by atoms with van der Waals surface area (Å²) in [4.78, 5) is 11.9. The van der Waals surface area contributed by atoms with Gasteiger partial charge in [0, 0.05) is 19.1 Å². The van der Waals surface area contributed by atoms with Crippen molar-refractivity contribution in [1.82, 2.24) is 10.6 Å². The van der Waals surface area contributed by atoms with Crippen molar-refractivity contribution < 1.29 is 14.6 Å². The summed E-state index contributed by atoms with van der Waals surface area (Å²) in [6, 6.07) is 9.90. The molecule has 2 amide bonds. The predicted molar refractivity (Wildman–Crippen MR) is 81.2 cm³/mol. The van der Waals surface area contributed by atoms with Crippen LogP contribution < -0.4 is 10.6 Å². The largest absolute Gasteiger partial charge is 0.393 e. The summed E-state index contributed by atoms with van der Waals surface area (Å²) in [6.45, 7) is 3.57. The SMILES string of the molecule is CC(O)CC(CNC(=O)NC1CCOC1)c1ccccc1. The van der Waals surface area contributed by atoms with Crippen molar-refractivity contribution in [1.29, 1.82) is 0 Å². The molecule has 1 heterocycles. The number of rotatable bonds is 6. The minimum atomic E-state index is -0.400.